The van der Waals surface area contributed by atoms with Gasteiger partial charge >= 0.3 is 0 Å². The first-order valence-corrected chi connectivity index (χ1v) is 18.1. The first kappa shape index (κ1) is 29.3. The van der Waals surface area contributed by atoms with Gasteiger partial charge in [0.05, 0.1) is 16.6 Å². The molecule has 5 heteroatoms. The molecule has 52 heavy (non-hydrogen) atoms. The Bertz CT molecular complexity index is 2900. The Labute approximate surface area is 301 Å². The van der Waals surface area contributed by atoms with E-state index in [4.69, 9.17) is 9.40 Å². The van der Waals surface area contributed by atoms with Crippen LogP contribution in [0.3, 0.4) is 0 Å². The predicted octanol–water partition coefficient (Wildman–Crippen LogP) is 12.2. The van der Waals surface area contributed by atoms with Crippen LogP contribution in [0.25, 0.3) is 71.9 Å². The van der Waals surface area contributed by atoms with E-state index in [2.05, 4.69) is 155 Å². The molecule has 3 aromatic heterocycles. The summed E-state index contributed by atoms with van der Waals surface area (Å²) in [5.41, 5.74) is 13.9. The molecule has 0 amide bonds. The molecule has 1 aliphatic heterocycles. The van der Waals surface area contributed by atoms with E-state index in [1.807, 2.05) is 18.2 Å². The molecule has 2 atom stereocenters. The second-order valence-electron chi connectivity index (χ2n) is 14.3. The number of para-hydroxylation sites is 3. The van der Waals surface area contributed by atoms with Gasteiger partial charge in [0.1, 0.15) is 23.1 Å². The Hall–Kier alpha value is -6.46. The van der Waals surface area contributed by atoms with Gasteiger partial charge in [-0.05, 0) is 91.1 Å². The van der Waals surface area contributed by atoms with E-state index in [9.17, 15) is 0 Å². The molecule has 6 aromatic carbocycles. The van der Waals surface area contributed by atoms with Crippen molar-refractivity contribution in [2.24, 2.45) is 0 Å². The van der Waals surface area contributed by atoms with Gasteiger partial charge in [0, 0.05) is 44.7 Å². The van der Waals surface area contributed by atoms with Crippen LogP contribution in [0.4, 0.5) is 11.4 Å². The van der Waals surface area contributed by atoms with Crippen molar-refractivity contribution >= 4 is 55.2 Å². The number of hydrogen-bond acceptors (Lipinski definition) is 4. The highest BCUT2D eigenvalue weighted by Crippen LogP contribution is 2.58. The van der Waals surface area contributed by atoms with Crippen LogP contribution >= 0.6 is 0 Å². The highest BCUT2D eigenvalue weighted by atomic mass is 16.3. The number of aromatic nitrogens is 3. The molecular formula is C47H34N4O. The van der Waals surface area contributed by atoms with E-state index in [-0.39, 0.29) is 5.54 Å². The lowest BCUT2D eigenvalue weighted by atomic mass is 9.75. The van der Waals surface area contributed by atoms with Crippen molar-refractivity contribution in [1.29, 1.82) is 0 Å². The van der Waals surface area contributed by atoms with Crippen LogP contribution in [0.15, 0.2) is 162 Å². The Morgan fingerprint density at radius 2 is 1.46 bits per heavy atom. The van der Waals surface area contributed by atoms with Gasteiger partial charge in [0.25, 0.3) is 0 Å². The second-order valence-corrected chi connectivity index (χ2v) is 14.3. The number of allylic oxidation sites excluding steroid dienone is 1. The Kier molecular flexibility index (Phi) is 6.21. The van der Waals surface area contributed by atoms with E-state index in [1.54, 1.807) is 6.33 Å². The Balaban J connectivity index is 1.09. The third-order valence-corrected chi connectivity index (χ3v) is 11.5. The van der Waals surface area contributed by atoms with Gasteiger partial charge in [-0.15, -0.1) is 0 Å². The molecule has 2 aliphatic rings. The van der Waals surface area contributed by atoms with Gasteiger partial charge in [-0.3, -0.25) is 0 Å². The Morgan fingerprint density at radius 1 is 0.673 bits per heavy atom. The predicted molar refractivity (Wildman–Crippen MR) is 213 cm³/mol. The minimum absolute atomic E-state index is 0.237. The summed E-state index contributed by atoms with van der Waals surface area (Å²) in [5.74, 6) is 0.323. The van der Waals surface area contributed by atoms with Crippen LogP contribution in [-0.4, -0.2) is 20.1 Å². The number of rotatable bonds is 4. The second kappa shape index (κ2) is 11.0. The standard InChI is InChI=1S/C47H34N4O/c1-47-26-10-9-20-38(47)43-34(30-24-25-36-35-17-5-7-21-39(35)50(41(36)28-30)32-14-3-2-4-15-32)19-12-22-40(43)51(47)33-16-11-13-31(27-33)44-46-45(49-29-48-44)37-18-6-8-23-42(37)52-46/h2-8,10-19,21-29,38H,9,20H2,1H3. The van der Waals surface area contributed by atoms with E-state index in [0.29, 0.717) is 5.92 Å². The summed E-state index contributed by atoms with van der Waals surface area (Å²) in [6, 6.07) is 50.2. The summed E-state index contributed by atoms with van der Waals surface area (Å²) >= 11 is 0. The summed E-state index contributed by atoms with van der Waals surface area (Å²) in [6.45, 7) is 2.41. The molecular weight excluding hydrogens is 637 g/mol. The number of fused-ring (bicyclic) bond motifs is 9. The highest BCUT2D eigenvalue weighted by molar-refractivity contribution is 6.10. The zero-order chi connectivity index (χ0) is 34.4. The van der Waals surface area contributed by atoms with E-state index < -0.39 is 0 Å². The minimum atomic E-state index is -0.237. The lowest BCUT2D eigenvalue weighted by Gasteiger charge is -2.41. The molecule has 2 unspecified atom stereocenters. The Morgan fingerprint density at radius 3 is 2.38 bits per heavy atom. The van der Waals surface area contributed by atoms with Crippen molar-refractivity contribution in [2.75, 3.05) is 4.90 Å². The maximum absolute atomic E-state index is 6.36. The van der Waals surface area contributed by atoms with Crippen LogP contribution in [0.2, 0.25) is 0 Å². The van der Waals surface area contributed by atoms with Crippen molar-refractivity contribution in [3.8, 4) is 28.1 Å². The molecule has 0 saturated heterocycles. The van der Waals surface area contributed by atoms with Gasteiger partial charge in [-0.25, -0.2) is 9.97 Å². The smallest absolute Gasteiger partial charge is 0.180 e. The molecule has 5 nitrogen and oxygen atoms in total. The lowest BCUT2D eigenvalue weighted by Crippen LogP contribution is -2.42. The highest BCUT2D eigenvalue weighted by Gasteiger charge is 2.49. The zero-order valence-corrected chi connectivity index (χ0v) is 28.7. The number of benzene rings is 6. The fourth-order valence-corrected chi connectivity index (χ4v) is 9.22. The first-order valence-electron chi connectivity index (χ1n) is 18.1. The van der Waals surface area contributed by atoms with Crippen molar-refractivity contribution < 1.29 is 4.42 Å². The number of hydrogen-bond donors (Lipinski definition) is 0. The molecule has 0 N–H and O–H groups in total. The maximum atomic E-state index is 6.36. The third-order valence-electron chi connectivity index (χ3n) is 11.5. The third kappa shape index (κ3) is 4.11. The molecule has 4 heterocycles. The zero-order valence-electron chi connectivity index (χ0n) is 28.7. The molecule has 9 aromatic rings. The molecule has 0 spiro atoms. The van der Waals surface area contributed by atoms with Gasteiger partial charge < -0.3 is 13.9 Å². The van der Waals surface area contributed by atoms with Crippen LogP contribution < -0.4 is 4.90 Å². The fourth-order valence-electron chi connectivity index (χ4n) is 9.22. The number of furan rings is 1. The van der Waals surface area contributed by atoms with Gasteiger partial charge in [-0.1, -0.05) is 97.1 Å². The van der Waals surface area contributed by atoms with E-state index in [0.717, 1.165) is 51.9 Å². The molecule has 0 saturated carbocycles. The van der Waals surface area contributed by atoms with Crippen molar-refractivity contribution in [1.82, 2.24) is 14.5 Å². The fraction of sp³-hybridized carbons (Fsp3) is 0.106. The topological polar surface area (TPSA) is 47.1 Å². The summed E-state index contributed by atoms with van der Waals surface area (Å²) < 4.78 is 8.78. The van der Waals surface area contributed by atoms with Crippen molar-refractivity contribution in [3.05, 3.63) is 164 Å². The largest absolute Gasteiger partial charge is 0.452 e. The van der Waals surface area contributed by atoms with E-state index in [1.165, 1.54) is 49.9 Å². The first-order chi connectivity index (χ1) is 25.7. The van der Waals surface area contributed by atoms with Crippen LogP contribution in [0, 0.1) is 0 Å². The minimum Gasteiger partial charge on any atom is -0.452 e. The quantitative estimate of drug-likeness (QED) is 0.175. The van der Waals surface area contributed by atoms with Crippen LogP contribution in [0.1, 0.15) is 31.2 Å². The van der Waals surface area contributed by atoms with Crippen molar-refractivity contribution in [2.45, 2.75) is 31.2 Å². The van der Waals surface area contributed by atoms with Gasteiger partial charge in [-0.2, -0.15) is 0 Å². The molecule has 248 valence electrons. The lowest BCUT2D eigenvalue weighted by molar-refractivity contribution is 0.441. The van der Waals surface area contributed by atoms with E-state index >= 15 is 0 Å². The summed E-state index contributed by atoms with van der Waals surface area (Å²) in [4.78, 5) is 11.9. The number of nitrogens with zero attached hydrogens (tertiary/aromatic N) is 4. The molecule has 0 fully saturated rings. The van der Waals surface area contributed by atoms with Crippen LogP contribution in [-0.2, 0) is 0 Å². The average Bonchev–Trinajstić information content (AvgIpc) is 3.83. The molecule has 0 radical (unpaired) electrons. The summed E-state index contributed by atoms with van der Waals surface area (Å²) in [7, 11) is 0. The van der Waals surface area contributed by atoms with Gasteiger partial charge in [0.15, 0.2) is 5.58 Å². The maximum Gasteiger partial charge on any atom is 0.180 e. The van der Waals surface area contributed by atoms with Gasteiger partial charge in [0.2, 0.25) is 0 Å². The molecule has 1 aliphatic carbocycles. The molecule has 0 bridgehead atoms. The van der Waals surface area contributed by atoms with Crippen molar-refractivity contribution in [3.63, 3.8) is 0 Å². The normalized spacial score (nSPS) is 18.1. The van der Waals surface area contributed by atoms with Crippen LogP contribution in [0.5, 0.6) is 0 Å². The monoisotopic (exact) mass is 670 g/mol. The SMILES string of the molecule is CC12C=CCCC1c1c(-c3ccc4c5ccccc5n(-c5ccccc5)c4c3)cccc1N2c1cccc(-c2ncnc3c2oc2ccccc23)c1. The average molecular weight is 671 g/mol. The molecule has 11 rings (SSSR count). The number of anilines is 2. The summed E-state index contributed by atoms with van der Waals surface area (Å²) in [5, 5.41) is 3.54. The summed E-state index contributed by atoms with van der Waals surface area (Å²) in [6.07, 6.45) is 8.61.